The van der Waals surface area contributed by atoms with Gasteiger partial charge in [0.15, 0.2) is 5.69 Å². The van der Waals surface area contributed by atoms with Crippen LogP contribution in [0.1, 0.15) is 29.8 Å². The van der Waals surface area contributed by atoms with E-state index in [2.05, 4.69) is 4.98 Å². The second-order valence-electron chi connectivity index (χ2n) is 7.79. The summed E-state index contributed by atoms with van der Waals surface area (Å²) in [4.78, 5) is 26.6. The molecule has 2 aliphatic heterocycles. The first-order chi connectivity index (χ1) is 13.6. The standard InChI is InChI=1S/C13H14F2N2O3.C5H10N2O2/c14-13(15)6-17(7-13)10-4-3-9(12(18)19)16-11(10)20-5-8-1-2-8;6-4(8)1-5(7)2-9-3-5/h3-4,8H,1-2,5-7H2,(H,18,19);1-3,7H2,(H2,6,8). The third kappa shape index (κ3) is 5.73. The first-order valence-corrected chi connectivity index (χ1v) is 9.22. The van der Waals surface area contributed by atoms with E-state index in [0.717, 1.165) is 12.8 Å². The van der Waals surface area contributed by atoms with Crippen molar-refractivity contribution in [2.75, 3.05) is 37.8 Å². The molecule has 0 unspecified atom stereocenters. The zero-order valence-electron chi connectivity index (χ0n) is 15.8. The van der Waals surface area contributed by atoms with Crippen molar-refractivity contribution in [3.8, 4) is 5.88 Å². The lowest BCUT2D eigenvalue weighted by atomic mass is 9.94. The number of carboxylic acid groups (broad SMARTS) is 1. The average molecular weight is 414 g/mol. The Labute approximate surface area is 165 Å². The summed E-state index contributed by atoms with van der Waals surface area (Å²) in [5.41, 5.74) is 10.3. The molecule has 29 heavy (non-hydrogen) atoms. The van der Waals surface area contributed by atoms with Gasteiger partial charge in [0.2, 0.25) is 11.8 Å². The highest BCUT2D eigenvalue weighted by molar-refractivity contribution is 5.86. The number of hydrogen-bond donors (Lipinski definition) is 3. The molecule has 0 atom stereocenters. The molecule has 1 aromatic rings. The molecule has 5 N–H and O–H groups in total. The van der Waals surface area contributed by atoms with Crippen LogP contribution in [0.5, 0.6) is 5.88 Å². The van der Waals surface area contributed by atoms with Crippen LogP contribution >= 0.6 is 0 Å². The predicted octanol–water partition coefficient (Wildman–Crippen LogP) is 0.613. The van der Waals surface area contributed by atoms with E-state index >= 15 is 0 Å². The second-order valence-corrected chi connectivity index (χ2v) is 7.79. The lowest BCUT2D eigenvalue weighted by molar-refractivity contribution is -0.125. The number of nitrogens with two attached hydrogens (primary N) is 2. The number of rotatable bonds is 7. The van der Waals surface area contributed by atoms with Gasteiger partial charge in [-0.25, -0.2) is 18.6 Å². The highest BCUT2D eigenvalue weighted by Crippen LogP contribution is 2.37. The predicted molar refractivity (Wildman–Crippen MR) is 98.1 cm³/mol. The van der Waals surface area contributed by atoms with E-state index in [1.54, 1.807) is 0 Å². The number of aromatic nitrogens is 1. The van der Waals surface area contributed by atoms with Crippen LogP contribution < -0.4 is 21.1 Å². The van der Waals surface area contributed by atoms with Gasteiger partial charge in [-0.3, -0.25) is 4.79 Å². The van der Waals surface area contributed by atoms with Crippen LogP contribution in [0, 0.1) is 5.92 Å². The number of alkyl halides is 2. The van der Waals surface area contributed by atoms with E-state index in [-0.39, 0.29) is 37.0 Å². The van der Waals surface area contributed by atoms with Crippen molar-refractivity contribution in [2.24, 2.45) is 17.4 Å². The quantitative estimate of drug-likeness (QED) is 0.589. The van der Waals surface area contributed by atoms with Crippen LogP contribution in [0.3, 0.4) is 0 Å². The Kier molecular flexibility index (Phi) is 5.90. The van der Waals surface area contributed by atoms with Crippen molar-refractivity contribution in [2.45, 2.75) is 30.7 Å². The van der Waals surface area contributed by atoms with Crippen LogP contribution in [-0.4, -0.2) is 66.3 Å². The summed E-state index contributed by atoms with van der Waals surface area (Å²) >= 11 is 0. The van der Waals surface area contributed by atoms with Crippen LogP contribution in [0.2, 0.25) is 0 Å². The average Bonchev–Trinajstić information content (AvgIpc) is 3.40. The molecule has 1 saturated carbocycles. The van der Waals surface area contributed by atoms with E-state index in [4.69, 9.17) is 26.0 Å². The van der Waals surface area contributed by atoms with E-state index in [0.29, 0.717) is 31.4 Å². The highest BCUT2D eigenvalue weighted by atomic mass is 19.3. The summed E-state index contributed by atoms with van der Waals surface area (Å²) in [6.07, 6.45) is 2.39. The van der Waals surface area contributed by atoms with Crippen LogP contribution in [0.4, 0.5) is 14.5 Å². The maximum Gasteiger partial charge on any atom is 0.354 e. The van der Waals surface area contributed by atoms with Gasteiger partial charge in [-0.2, -0.15) is 0 Å². The molecule has 3 fully saturated rings. The minimum absolute atomic E-state index is 0.132. The minimum atomic E-state index is -2.70. The fourth-order valence-electron chi connectivity index (χ4n) is 2.88. The third-order valence-electron chi connectivity index (χ3n) is 4.70. The number of amides is 1. The smallest absolute Gasteiger partial charge is 0.354 e. The largest absolute Gasteiger partial charge is 0.477 e. The van der Waals surface area contributed by atoms with Gasteiger partial charge >= 0.3 is 5.97 Å². The molecule has 3 aliphatic rings. The van der Waals surface area contributed by atoms with Crippen molar-refractivity contribution in [3.63, 3.8) is 0 Å². The maximum absolute atomic E-state index is 12.9. The number of hydrogen-bond acceptors (Lipinski definition) is 7. The van der Waals surface area contributed by atoms with E-state index in [1.165, 1.54) is 17.0 Å². The summed E-state index contributed by atoms with van der Waals surface area (Å²) in [6, 6.07) is 2.78. The SMILES string of the molecule is NC(=O)CC1(N)COC1.O=C(O)c1ccc(N2CC(F)(F)C2)c(OCC2CC2)n1. The van der Waals surface area contributed by atoms with Crippen molar-refractivity contribution >= 4 is 17.6 Å². The molecule has 9 nitrogen and oxygen atoms in total. The van der Waals surface area contributed by atoms with Gasteiger partial charge in [0.05, 0.1) is 38.4 Å². The summed E-state index contributed by atoms with van der Waals surface area (Å²) in [5, 5.41) is 8.93. The number of aromatic carboxylic acids is 1. The van der Waals surface area contributed by atoms with Crippen LogP contribution in [0.25, 0.3) is 0 Å². The molecule has 1 amide bonds. The number of ether oxygens (including phenoxy) is 2. The number of carbonyl (C=O) groups is 2. The number of carboxylic acids is 1. The van der Waals surface area contributed by atoms with Gasteiger partial charge in [0.25, 0.3) is 5.92 Å². The fourth-order valence-corrected chi connectivity index (χ4v) is 2.88. The first kappa shape index (κ1) is 21.2. The summed E-state index contributed by atoms with van der Waals surface area (Å²) < 4.78 is 36.2. The molecular weight excluding hydrogens is 390 g/mol. The summed E-state index contributed by atoms with van der Waals surface area (Å²) in [5.74, 6) is -3.62. The van der Waals surface area contributed by atoms with Crippen molar-refractivity contribution < 1.29 is 33.0 Å². The molecular formula is C18H24F2N4O5. The Bertz CT molecular complexity index is 776. The Balaban J connectivity index is 0.000000224. The van der Waals surface area contributed by atoms with Gasteiger partial charge in [-0.15, -0.1) is 0 Å². The van der Waals surface area contributed by atoms with Gasteiger partial charge in [0.1, 0.15) is 5.69 Å². The first-order valence-electron chi connectivity index (χ1n) is 9.22. The molecule has 2 saturated heterocycles. The molecule has 0 aromatic carbocycles. The molecule has 1 aromatic heterocycles. The third-order valence-corrected chi connectivity index (χ3v) is 4.70. The summed E-state index contributed by atoms with van der Waals surface area (Å²) in [7, 11) is 0. The maximum atomic E-state index is 12.9. The zero-order valence-corrected chi connectivity index (χ0v) is 15.8. The van der Waals surface area contributed by atoms with Crippen molar-refractivity contribution in [1.29, 1.82) is 0 Å². The van der Waals surface area contributed by atoms with Crippen molar-refractivity contribution in [1.82, 2.24) is 4.98 Å². The Morgan fingerprint density at radius 1 is 1.31 bits per heavy atom. The highest BCUT2D eigenvalue weighted by Gasteiger charge is 2.45. The molecule has 0 spiro atoms. The number of pyridine rings is 1. The van der Waals surface area contributed by atoms with E-state index < -0.39 is 17.4 Å². The second kappa shape index (κ2) is 8.07. The zero-order chi connectivity index (χ0) is 21.2. The van der Waals surface area contributed by atoms with Gasteiger partial charge in [-0.05, 0) is 30.9 Å². The van der Waals surface area contributed by atoms with Crippen LogP contribution in [-0.2, 0) is 9.53 Å². The molecule has 0 radical (unpaired) electrons. The number of anilines is 1. The minimum Gasteiger partial charge on any atom is -0.477 e. The number of primary amides is 1. The summed E-state index contributed by atoms with van der Waals surface area (Å²) in [6.45, 7) is 0.584. The Hall–Kier alpha value is -2.53. The van der Waals surface area contributed by atoms with Crippen molar-refractivity contribution in [3.05, 3.63) is 17.8 Å². The number of halogens is 2. The molecule has 11 heteroatoms. The number of nitrogens with zero attached hydrogens (tertiary/aromatic N) is 2. The van der Waals surface area contributed by atoms with Gasteiger partial charge < -0.3 is 30.9 Å². The lowest BCUT2D eigenvalue weighted by Crippen LogP contribution is -2.59. The topological polar surface area (TPSA) is 141 Å². The van der Waals surface area contributed by atoms with E-state index in [1.807, 2.05) is 0 Å². The van der Waals surface area contributed by atoms with Crippen LogP contribution in [0.15, 0.2) is 12.1 Å². The molecule has 3 heterocycles. The van der Waals surface area contributed by atoms with Gasteiger partial charge in [0, 0.05) is 6.42 Å². The molecule has 0 bridgehead atoms. The lowest BCUT2D eigenvalue weighted by Gasteiger charge is -2.40. The Morgan fingerprint density at radius 2 is 1.97 bits per heavy atom. The normalized spacial score (nSPS) is 21.1. The monoisotopic (exact) mass is 414 g/mol. The Morgan fingerprint density at radius 3 is 2.38 bits per heavy atom. The molecule has 4 rings (SSSR count). The molecule has 160 valence electrons. The fraction of sp³-hybridized carbons (Fsp3) is 0.611. The van der Waals surface area contributed by atoms with E-state index in [9.17, 15) is 18.4 Å². The van der Waals surface area contributed by atoms with Gasteiger partial charge in [-0.1, -0.05) is 0 Å². The molecule has 1 aliphatic carbocycles. The number of carbonyl (C=O) groups excluding carboxylic acids is 1.